The molecule has 0 aliphatic carbocycles. The first-order valence-corrected chi connectivity index (χ1v) is 6.44. The summed E-state index contributed by atoms with van der Waals surface area (Å²) < 4.78 is 17.0. The van der Waals surface area contributed by atoms with Crippen LogP contribution in [0.3, 0.4) is 0 Å². The molecule has 0 spiro atoms. The van der Waals surface area contributed by atoms with Crippen LogP contribution in [0.4, 0.5) is 4.79 Å². The molecular weight excluding hydrogens is 274 g/mol. The van der Waals surface area contributed by atoms with Gasteiger partial charge in [-0.1, -0.05) is 12.1 Å². The molecule has 0 aromatic heterocycles. The van der Waals surface area contributed by atoms with Gasteiger partial charge in [-0.05, 0) is 38.5 Å². The number of ether oxygens (including phenoxy) is 2. The van der Waals surface area contributed by atoms with Gasteiger partial charge in [-0.25, -0.2) is 9.59 Å². The van der Waals surface area contributed by atoms with E-state index in [2.05, 4.69) is 5.32 Å². The van der Waals surface area contributed by atoms with Crippen molar-refractivity contribution in [1.82, 2.24) is 5.32 Å². The summed E-state index contributed by atoms with van der Waals surface area (Å²) in [5.74, 6) is -0.608. The minimum atomic E-state index is -1.14. The van der Waals surface area contributed by atoms with Crippen molar-refractivity contribution in [3.8, 4) is 5.75 Å². The van der Waals surface area contributed by atoms with Crippen molar-refractivity contribution in [2.24, 2.45) is 0 Å². The number of amides is 1. The van der Waals surface area contributed by atoms with Gasteiger partial charge < -0.3 is 19.9 Å². The Labute approximate surface area is 125 Å². The first-order valence-electron chi connectivity index (χ1n) is 7.15. The van der Waals surface area contributed by atoms with Gasteiger partial charge in [0.2, 0.25) is 0 Å². The second kappa shape index (κ2) is 6.97. The van der Waals surface area contributed by atoms with Crippen molar-refractivity contribution in [3.63, 3.8) is 0 Å². The van der Waals surface area contributed by atoms with Gasteiger partial charge in [-0.2, -0.15) is 0 Å². The van der Waals surface area contributed by atoms with E-state index in [1.165, 1.54) is 0 Å². The number of nitrogens with one attached hydrogen (secondary N) is 1. The minimum absolute atomic E-state index is 0.121. The number of carboxylic acid groups (broad SMARTS) is 1. The quantitative estimate of drug-likeness (QED) is 0.870. The summed E-state index contributed by atoms with van der Waals surface area (Å²) in [6.07, 6.45) is -0.649. The Kier molecular flexibility index (Phi) is 5.03. The standard InChI is InChI=1S/C15H21NO5/c1-15(2,3)21-14(19)16-12(13(17)18)9-10-5-7-11(20-4)8-6-10/h5-8,12H,9H2,1-4H3,(H,16,19)(H,17,18)/t12-/m0/s1/i4D. The number of rotatable bonds is 5. The van der Waals surface area contributed by atoms with Crippen molar-refractivity contribution < 1.29 is 25.5 Å². The zero-order valence-corrected chi connectivity index (χ0v) is 12.4. The van der Waals surface area contributed by atoms with Gasteiger partial charge in [-0.3, -0.25) is 0 Å². The summed E-state index contributed by atoms with van der Waals surface area (Å²) in [5.41, 5.74) is 0.0309. The number of hydrogen-bond acceptors (Lipinski definition) is 4. The predicted molar refractivity (Wildman–Crippen MR) is 77.5 cm³/mol. The molecular formula is C15H21NO5. The molecule has 1 aromatic rings. The van der Waals surface area contributed by atoms with Crippen molar-refractivity contribution in [2.75, 3.05) is 7.09 Å². The number of carbonyl (C=O) groups is 2. The van der Waals surface area contributed by atoms with Crippen molar-refractivity contribution in [1.29, 1.82) is 0 Å². The van der Waals surface area contributed by atoms with E-state index in [1.807, 2.05) is 0 Å². The molecule has 21 heavy (non-hydrogen) atoms. The molecule has 116 valence electrons. The largest absolute Gasteiger partial charge is 0.497 e. The molecule has 0 radical (unpaired) electrons. The molecule has 0 aliphatic rings. The van der Waals surface area contributed by atoms with Crippen LogP contribution in [0.25, 0.3) is 0 Å². The van der Waals surface area contributed by atoms with E-state index in [1.54, 1.807) is 45.0 Å². The van der Waals surface area contributed by atoms with Gasteiger partial charge >= 0.3 is 12.1 Å². The maximum atomic E-state index is 11.7. The summed E-state index contributed by atoms with van der Waals surface area (Å²) in [5, 5.41) is 11.5. The van der Waals surface area contributed by atoms with Crippen LogP contribution in [0.2, 0.25) is 0 Å². The number of aliphatic carboxylic acids is 1. The van der Waals surface area contributed by atoms with Crippen LogP contribution in [0, 0.1) is 0 Å². The maximum absolute atomic E-state index is 11.7. The Morgan fingerprint density at radius 1 is 1.33 bits per heavy atom. The van der Waals surface area contributed by atoms with E-state index in [-0.39, 0.29) is 13.5 Å². The lowest BCUT2D eigenvalue weighted by molar-refractivity contribution is -0.139. The average molecular weight is 296 g/mol. The number of alkyl carbamates (subject to hydrolysis) is 1. The lowest BCUT2D eigenvalue weighted by atomic mass is 10.1. The monoisotopic (exact) mass is 296 g/mol. The molecule has 1 amide bonds. The summed E-state index contributed by atoms with van der Waals surface area (Å²) >= 11 is 0. The molecule has 6 heteroatoms. The van der Waals surface area contributed by atoms with E-state index in [0.29, 0.717) is 5.75 Å². The third-order valence-electron chi connectivity index (χ3n) is 2.52. The molecule has 0 heterocycles. The van der Waals surface area contributed by atoms with Gasteiger partial charge in [0.1, 0.15) is 17.4 Å². The Morgan fingerprint density at radius 2 is 1.95 bits per heavy atom. The molecule has 0 saturated heterocycles. The lowest BCUT2D eigenvalue weighted by Gasteiger charge is -2.22. The third-order valence-corrected chi connectivity index (χ3v) is 2.52. The summed E-state index contributed by atoms with van der Waals surface area (Å²) in [6, 6.07) is 5.60. The van der Waals surface area contributed by atoms with Crippen LogP contribution in [0.15, 0.2) is 24.3 Å². The van der Waals surface area contributed by atoms with E-state index in [9.17, 15) is 14.7 Å². The van der Waals surface area contributed by atoms with Crippen molar-refractivity contribution >= 4 is 12.1 Å². The minimum Gasteiger partial charge on any atom is -0.497 e. The first kappa shape index (κ1) is 15.2. The van der Waals surface area contributed by atoms with Crippen LogP contribution < -0.4 is 10.1 Å². The van der Waals surface area contributed by atoms with Crippen molar-refractivity contribution in [3.05, 3.63) is 29.8 Å². The maximum Gasteiger partial charge on any atom is 0.408 e. The number of hydrogen-bond donors (Lipinski definition) is 2. The Bertz CT molecular complexity index is 510. The van der Waals surface area contributed by atoms with Gasteiger partial charge in [0.15, 0.2) is 0 Å². The topological polar surface area (TPSA) is 84.9 Å². The predicted octanol–water partition coefficient (Wildman–Crippen LogP) is 2.22. The van der Waals surface area contributed by atoms with Crippen LogP contribution in [0.5, 0.6) is 5.75 Å². The highest BCUT2D eigenvalue weighted by Crippen LogP contribution is 2.13. The van der Waals surface area contributed by atoms with Crippen LogP contribution in [-0.2, 0) is 16.0 Å². The Morgan fingerprint density at radius 3 is 2.43 bits per heavy atom. The smallest absolute Gasteiger partial charge is 0.408 e. The SMILES string of the molecule is [2H]COc1ccc(C[C@H](NC(=O)OC(C)(C)C)C(=O)O)cc1. The lowest BCUT2D eigenvalue weighted by Crippen LogP contribution is -2.44. The number of methoxy groups -OCH3 is 1. The zero-order valence-electron chi connectivity index (χ0n) is 13.4. The molecule has 0 aliphatic heterocycles. The average Bonchev–Trinajstić information content (AvgIpc) is 2.38. The molecule has 6 nitrogen and oxygen atoms in total. The first-order chi connectivity index (χ1) is 10.2. The fourth-order valence-corrected chi connectivity index (χ4v) is 1.61. The molecule has 0 fully saturated rings. The zero-order chi connectivity index (χ0) is 16.8. The van der Waals surface area contributed by atoms with E-state index < -0.39 is 23.7 Å². The molecule has 2 N–H and O–H groups in total. The van der Waals surface area contributed by atoms with E-state index in [4.69, 9.17) is 10.8 Å². The molecule has 0 saturated carbocycles. The summed E-state index contributed by atoms with van der Waals surface area (Å²) in [4.78, 5) is 22.9. The highest BCUT2D eigenvalue weighted by molar-refractivity contribution is 5.80. The molecule has 1 rings (SSSR count). The molecule has 0 bridgehead atoms. The Hall–Kier alpha value is -2.24. The number of carboxylic acids is 1. The second-order valence-corrected chi connectivity index (χ2v) is 5.53. The van der Waals surface area contributed by atoms with E-state index in [0.717, 1.165) is 5.56 Å². The molecule has 0 unspecified atom stereocenters. The van der Waals surface area contributed by atoms with Crippen LogP contribution in [0.1, 0.15) is 27.7 Å². The Balaban J connectivity index is 2.68. The van der Waals surface area contributed by atoms with E-state index >= 15 is 0 Å². The van der Waals surface area contributed by atoms with Gasteiger partial charge in [-0.15, -0.1) is 0 Å². The number of benzene rings is 1. The highest BCUT2D eigenvalue weighted by Gasteiger charge is 2.24. The van der Waals surface area contributed by atoms with Crippen LogP contribution >= 0.6 is 0 Å². The second-order valence-electron chi connectivity index (χ2n) is 5.53. The molecule has 1 atom stereocenters. The molecule has 1 aromatic carbocycles. The fraction of sp³-hybridized carbons (Fsp3) is 0.467. The van der Waals surface area contributed by atoms with Crippen LogP contribution in [-0.4, -0.2) is 35.9 Å². The number of carbonyl (C=O) groups excluding carboxylic acids is 1. The summed E-state index contributed by atoms with van der Waals surface area (Å²) in [6.45, 7) is 5.11. The normalized spacial score (nSPS) is 13.0. The fourth-order valence-electron chi connectivity index (χ4n) is 1.61. The highest BCUT2D eigenvalue weighted by atomic mass is 16.6. The third kappa shape index (κ3) is 6.16. The summed E-state index contributed by atoms with van der Waals surface area (Å²) in [7, 11) is -0.183. The van der Waals surface area contributed by atoms with Crippen molar-refractivity contribution in [2.45, 2.75) is 38.8 Å². The van der Waals surface area contributed by atoms with Gasteiger partial charge in [0, 0.05) is 6.42 Å². The van der Waals surface area contributed by atoms with Gasteiger partial charge in [0.05, 0.1) is 8.46 Å². The van der Waals surface area contributed by atoms with Gasteiger partial charge in [0.25, 0.3) is 0 Å².